The number of anilines is 1. The highest BCUT2D eigenvalue weighted by Gasteiger charge is 2.26. The SMILES string of the molecule is CC(=O)N[C@H](C(=O)N[C@@H](C)C(=O)Nc1ccc(C(CNC(=O)O)OC(=O)Oc2ccc([N+](=O)[O-])cc2)cc1)C(C)C. The Morgan fingerprint density at radius 3 is 2.05 bits per heavy atom. The molecule has 0 radical (unpaired) electrons. The lowest BCUT2D eigenvalue weighted by Gasteiger charge is -2.23. The molecule has 3 atom stereocenters. The predicted molar refractivity (Wildman–Crippen MR) is 144 cm³/mol. The van der Waals surface area contributed by atoms with Crippen LogP contribution in [0.15, 0.2) is 48.5 Å². The zero-order valence-corrected chi connectivity index (χ0v) is 22.7. The minimum atomic E-state index is -1.36. The summed E-state index contributed by atoms with van der Waals surface area (Å²) in [6, 6.07) is 8.85. The fourth-order valence-electron chi connectivity index (χ4n) is 3.43. The quantitative estimate of drug-likeness (QED) is 0.108. The Bertz CT molecular complexity index is 1260. The van der Waals surface area contributed by atoms with E-state index < -0.39 is 47.2 Å². The highest BCUT2D eigenvalue weighted by molar-refractivity contribution is 5.98. The summed E-state index contributed by atoms with van der Waals surface area (Å²) in [5.74, 6) is -1.67. The maximum absolute atomic E-state index is 12.6. The fourth-order valence-corrected chi connectivity index (χ4v) is 3.43. The first-order chi connectivity index (χ1) is 19.3. The number of benzene rings is 2. The van der Waals surface area contributed by atoms with Crippen molar-refractivity contribution in [3.8, 4) is 5.75 Å². The number of nitrogens with zero attached hydrogens (tertiary/aromatic N) is 1. The van der Waals surface area contributed by atoms with Crippen LogP contribution in [0.25, 0.3) is 0 Å². The average molecular weight is 574 g/mol. The van der Waals surface area contributed by atoms with E-state index in [1.54, 1.807) is 13.8 Å². The summed E-state index contributed by atoms with van der Waals surface area (Å²) < 4.78 is 10.3. The van der Waals surface area contributed by atoms with Gasteiger partial charge in [-0.15, -0.1) is 0 Å². The van der Waals surface area contributed by atoms with E-state index in [-0.39, 0.29) is 29.8 Å². The molecule has 0 saturated carbocycles. The van der Waals surface area contributed by atoms with Gasteiger partial charge in [-0.1, -0.05) is 26.0 Å². The van der Waals surface area contributed by atoms with Crippen molar-refractivity contribution in [2.75, 3.05) is 11.9 Å². The first-order valence-electron chi connectivity index (χ1n) is 12.3. The number of carbonyl (C=O) groups excluding carboxylic acids is 4. The van der Waals surface area contributed by atoms with Crippen molar-refractivity contribution in [3.05, 3.63) is 64.2 Å². The Labute approximate surface area is 234 Å². The topological polar surface area (TPSA) is 215 Å². The summed E-state index contributed by atoms with van der Waals surface area (Å²) in [7, 11) is 0. The van der Waals surface area contributed by atoms with Crippen LogP contribution in [-0.4, -0.2) is 58.6 Å². The van der Waals surface area contributed by atoms with Crippen molar-refractivity contribution in [1.82, 2.24) is 16.0 Å². The Balaban J connectivity index is 2.05. The Hall–Kier alpha value is -5.21. The number of nitro groups is 1. The second-order valence-electron chi connectivity index (χ2n) is 9.16. The van der Waals surface area contributed by atoms with E-state index in [4.69, 9.17) is 14.6 Å². The van der Waals surface area contributed by atoms with Crippen LogP contribution in [0.5, 0.6) is 5.75 Å². The largest absolute Gasteiger partial charge is 0.514 e. The maximum atomic E-state index is 12.6. The number of nitrogens with one attached hydrogen (secondary N) is 4. The van der Waals surface area contributed by atoms with Crippen molar-refractivity contribution in [2.45, 2.75) is 45.9 Å². The minimum absolute atomic E-state index is 0.0263. The van der Waals surface area contributed by atoms with E-state index in [0.29, 0.717) is 11.3 Å². The molecule has 0 spiro atoms. The third-order valence-corrected chi connectivity index (χ3v) is 5.54. The Morgan fingerprint density at radius 1 is 0.927 bits per heavy atom. The monoisotopic (exact) mass is 573 g/mol. The molecule has 5 N–H and O–H groups in total. The van der Waals surface area contributed by atoms with Gasteiger partial charge in [-0.3, -0.25) is 24.5 Å². The van der Waals surface area contributed by atoms with Crippen molar-refractivity contribution >= 4 is 41.3 Å². The second-order valence-corrected chi connectivity index (χ2v) is 9.16. The van der Waals surface area contributed by atoms with Crippen LogP contribution in [0.2, 0.25) is 0 Å². The molecule has 2 aromatic carbocycles. The van der Waals surface area contributed by atoms with E-state index in [9.17, 15) is 34.1 Å². The number of ether oxygens (including phenoxy) is 2. The highest BCUT2D eigenvalue weighted by Crippen LogP contribution is 2.22. The second kappa shape index (κ2) is 14.8. The molecule has 0 heterocycles. The molecule has 220 valence electrons. The van der Waals surface area contributed by atoms with Crippen LogP contribution in [-0.2, 0) is 19.1 Å². The van der Waals surface area contributed by atoms with Crippen molar-refractivity contribution in [3.63, 3.8) is 0 Å². The average Bonchev–Trinajstić information content (AvgIpc) is 2.89. The van der Waals surface area contributed by atoms with Gasteiger partial charge < -0.3 is 35.8 Å². The van der Waals surface area contributed by atoms with Crippen molar-refractivity contribution in [1.29, 1.82) is 0 Å². The molecule has 0 aromatic heterocycles. The molecule has 2 rings (SSSR count). The van der Waals surface area contributed by atoms with Gasteiger partial charge in [-0.25, -0.2) is 9.59 Å². The van der Waals surface area contributed by atoms with Gasteiger partial charge in [-0.05, 0) is 42.7 Å². The number of carbonyl (C=O) groups is 5. The molecule has 0 saturated heterocycles. The molecule has 0 aliphatic rings. The van der Waals surface area contributed by atoms with Crippen molar-refractivity contribution in [2.24, 2.45) is 5.92 Å². The van der Waals surface area contributed by atoms with Crippen LogP contribution in [0.1, 0.15) is 39.4 Å². The molecule has 2 aromatic rings. The van der Waals surface area contributed by atoms with Gasteiger partial charge in [0.2, 0.25) is 17.7 Å². The summed E-state index contributed by atoms with van der Waals surface area (Å²) in [6.45, 7) is 5.95. The van der Waals surface area contributed by atoms with E-state index in [2.05, 4.69) is 21.3 Å². The lowest BCUT2D eigenvalue weighted by molar-refractivity contribution is -0.384. The van der Waals surface area contributed by atoms with Gasteiger partial charge >= 0.3 is 12.2 Å². The smallest absolute Gasteiger partial charge is 0.465 e. The molecule has 1 unspecified atom stereocenters. The Kier molecular flexibility index (Phi) is 11.6. The van der Waals surface area contributed by atoms with Gasteiger partial charge in [0, 0.05) is 24.7 Å². The van der Waals surface area contributed by atoms with Crippen LogP contribution in [0, 0.1) is 16.0 Å². The summed E-state index contributed by atoms with van der Waals surface area (Å²) in [6.07, 6.45) is -3.67. The standard InChI is InChI=1S/C26H31N5O10/c1-14(2)22(29-16(4)32)24(34)28-15(3)23(33)30-18-7-5-17(6-8-18)21(13-27-25(35)36)41-26(37)40-20-11-9-19(10-12-20)31(38)39/h5-12,14-15,21-22,27H,13H2,1-4H3,(H,28,34)(H,29,32)(H,30,33)(H,35,36)/t15-,21?,22-/m0/s1. The molecule has 0 fully saturated rings. The molecule has 0 aliphatic heterocycles. The first kappa shape index (κ1) is 32.0. The first-order valence-corrected chi connectivity index (χ1v) is 12.3. The van der Waals surface area contributed by atoms with Crippen LogP contribution in [0.4, 0.5) is 21.0 Å². The lowest BCUT2D eigenvalue weighted by atomic mass is 10.0. The van der Waals surface area contributed by atoms with Crippen LogP contribution >= 0.6 is 0 Å². The van der Waals surface area contributed by atoms with Gasteiger partial charge in [0.1, 0.15) is 23.9 Å². The number of carboxylic acid groups (broad SMARTS) is 1. The number of rotatable bonds is 12. The van der Waals surface area contributed by atoms with Crippen molar-refractivity contribution < 1.29 is 43.5 Å². The lowest BCUT2D eigenvalue weighted by Crippen LogP contribution is -2.53. The summed E-state index contributed by atoms with van der Waals surface area (Å²) in [5, 5.41) is 29.6. The number of amides is 4. The maximum Gasteiger partial charge on any atom is 0.514 e. The fraction of sp³-hybridized carbons (Fsp3) is 0.346. The summed E-state index contributed by atoms with van der Waals surface area (Å²) in [5.41, 5.74) is 0.484. The third-order valence-electron chi connectivity index (χ3n) is 5.54. The van der Waals surface area contributed by atoms with Gasteiger partial charge in [-0.2, -0.15) is 0 Å². The molecule has 41 heavy (non-hydrogen) atoms. The number of hydrogen-bond acceptors (Lipinski definition) is 9. The number of non-ortho nitro benzene ring substituents is 1. The van der Waals surface area contributed by atoms with E-state index in [0.717, 1.165) is 12.1 Å². The minimum Gasteiger partial charge on any atom is -0.465 e. The number of nitro benzene ring substituents is 1. The third kappa shape index (κ3) is 10.5. The van der Waals surface area contributed by atoms with E-state index >= 15 is 0 Å². The molecule has 0 aliphatic carbocycles. The summed E-state index contributed by atoms with van der Waals surface area (Å²) in [4.78, 5) is 70.0. The van der Waals surface area contributed by atoms with Gasteiger partial charge in [0.05, 0.1) is 11.5 Å². The molecular formula is C26H31N5O10. The molecule has 15 nitrogen and oxygen atoms in total. The van der Waals surface area contributed by atoms with Crippen LogP contribution in [0.3, 0.4) is 0 Å². The van der Waals surface area contributed by atoms with Gasteiger partial charge in [0.25, 0.3) is 5.69 Å². The van der Waals surface area contributed by atoms with E-state index in [1.807, 2.05) is 0 Å². The zero-order valence-electron chi connectivity index (χ0n) is 22.7. The van der Waals surface area contributed by atoms with E-state index in [1.165, 1.54) is 50.2 Å². The predicted octanol–water partition coefficient (Wildman–Crippen LogP) is 2.72. The normalized spacial score (nSPS) is 12.7. The Morgan fingerprint density at radius 2 is 1.54 bits per heavy atom. The zero-order chi connectivity index (χ0) is 30.7. The van der Waals surface area contributed by atoms with Gasteiger partial charge in [0.15, 0.2) is 0 Å². The molecule has 4 amide bonds. The van der Waals surface area contributed by atoms with Crippen LogP contribution < -0.4 is 26.0 Å². The summed E-state index contributed by atoms with van der Waals surface area (Å²) >= 11 is 0. The molecule has 15 heteroatoms. The number of hydrogen-bond donors (Lipinski definition) is 5. The molecular weight excluding hydrogens is 542 g/mol. The molecule has 0 bridgehead atoms. The highest BCUT2D eigenvalue weighted by atomic mass is 16.7.